The summed E-state index contributed by atoms with van der Waals surface area (Å²) in [6.07, 6.45) is 0. The lowest BCUT2D eigenvalue weighted by Gasteiger charge is -2.39. The van der Waals surface area contributed by atoms with Gasteiger partial charge >= 0.3 is 0 Å². The molecule has 0 aromatic heterocycles. The van der Waals surface area contributed by atoms with Crippen LogP contribution in [0.2, 0.25) is 0 Å². The number of nitrogens with one attached hydrogen (secondary N) is 1. The molecule has 0 aliphatic carbocycles. The lowest BCUT2D eigenvalue weighted by atomic mass is 10.2. The molecular weight excluding hydrogens is 202 g/mol. The first kappa shape index (κ1) is 13.9. The molecule has 1 heterocycles. The van der Waals surface area contributed by atoms with Crippen LogP contribution in [0.1, 0.15) is 13.8 Å². The fourth-order valence-electron chi connectivity index (χ4n) is 2.28. The van der Waals surface area contributed by atoms with E-state index < -0.39 is 0 Å². The Labute approximate surface area is 99.9 Å². The van der Waals surface area contributed by atoms with Crippen LogP contribution in [0, 0.1) is 0 Å². The zero-order valence-electron chi connectivity index (χ0n) is 11.0. The average Bonchev–Trinajstić information content (AvgIpc) is 2.29. The molecule has 4 nitrogen and oxygen atoms in total. The summed E-state index contributed by atoms with van der Waals surface area (Å²) in [6.45, 7) is 13.4. The van der Waals surface area contributed by atoms with E-state index in [1.807, 2.05) is 0 Å². The van der Waals surface area contributed by atoms with Gasteiger partial charge in [0.1, 0.15) is 0 Å². The zero-order valence-corrected chi connectivity index (χ0v) is 11.0. The topological polar surface area (TPSA) is 27.7 Å². The minimum atomic E-state index is 0.706. The lowest BCUT2D eigenvalue weighted by molar-refractivity contribution is 0.0883. The first-order chi connectivity index (χ1) is 7.77. The van der Waals surface area contributed by atoms with Crippen molar-refractivity contribution in [2.45, 2.75) is 19.9 Å². The summed E-state index contributed by atoms with van der Waals surface area (Å²) in [7, 11) is 1.74. The van der Waals surface area contributed by atoms with Crippen LogP contribution >= 0.6 is 0 Å². The first-order valence-electron chi connectivity index (χ1n) is 6.44. The smallest absolute Gasteiger partial charge is 0.0587 e. The van der Waals surface area contributed by atoms with Gasteiger partial charge in [0.05, 0.1) is 6.61 Å². The van der Waals surface area contributed by atoms with Crippen molar-refractivity contribution in [1.82, 2.24) is 15.1 Å². The summed E-state index contributed by atoms with van der Waals surface area (Å²) in [5.41, 5.74) is 0. The van der Waals surface area contributed by atoms with Crippen molar-refractivity contribution in [1.29, 1.82) is 0 Å². The van der Waals surface area contributed by atoms with Crippen LogP contribution in [0.25, 0.3) is 0 Å². The maximum atomic E-state index is 5.00. The van der Waals surface area contributed by atoms with Gasteiger partial charge in [-0.05, 0) is 13.5 Å². The highest BCUT2D eigenvalue weighted by Crippen LogP contribution is 2.07. The van der Waals surface area contributed by atoms with Crippen molar-refractivity contribution in [3.8, 4) is 0 Å². The number of hydrogen-bond donors (Lipinski definition) is 1. The Bertz CT molecular complexity index is 178. The summed E-state index contributed by atoms with van der Waals surface area (Å²) >= 11 is 0. The molecule has 1 fully saturated rings. The summed E-state index contributed by atoms with van der Waals surface area (Å²) < 4.78 is 5.00. The van der Waals surface area contributed by atoms with Crippen LogP contribution in [0.15, 0.2) is 0 Å². The molecule has 1 saturated heterocycles. The second-order valence-electron chi connectivity index (χ2n) is 4.52. The molecule has 96 valence electrons. The molecular formula is C12H27N3O. The molecule has 0 amide bonds. The molecule has 0 spiro atoms. The fourth-order valence-corrected chi connectivity index (χ4v) is 2.28. The van der Waals surface area contributed by atoms with Gasteiger partial charge in [-0.3, -0.25) is 9.80 Å². The Kier molecular flexibility index (Phi) is 6.96. The van der Waals surface area contributed by atoms with Gasteiger partial charge < -0.3 is 10.1 Å². The third kappa shape index (κ3) is 4.78. The quantitative estimate of drug-likeness (QED) is 0.633. The summed E-state index contributed by atoms with van der Waals surface area (Å²) in [6, 6.07) is 0.706. The van der Waals surface area contributed by atoms with E-state index in [9.17, 15) is 0 Å². The number of likely N-dealkylation sites (N-methyl/N-ethyl adjacent to an activating group) is 1. The van der Waals surface area contributed by atoms with Crippen molar-refractivity contribution in [2.75, 3.05) is 59.5 Å². The van der Waals surface area contributed by atoms with Gasteiger partial charge in [0.25, 0.3) is 0 Å². The van der Waals surface area contributed by atoms with Crippen molar-refractivity contribution < 1.29 is 4.74 Å². The van der Waals surface area contributed by atoms with Gasteiger partial charge in [0.15, 0.2) is 0 Å². The number of hydrogen-bond acceptors (Lipinski definition) is 4. The van der Waals surface area contributed by atoms with E-state index in [2.05, 4.69) is 29.0 Å². The maximum Gasteiger partial charge on any atom is 0.0587 e. The molecule has 4 heteroatoms. The maximum absolute atomic E-state index is 5.00. The van der Waals surface area contributed by atoms with Crippen LogP contribution in [-0.2, 0) is 4.74 Å². The Hall–Kier alpha value is -0.160. The van der Waals surface area contributed by atoms with Gasteiger partial charge in [0.2, 0.25) is 0 Å². The molecule has 1 unspecified atom stereocenters. The molecule has 0 aromatic carbocycles. The van der Waals surface area contributed by atoms with E-state index >= 15 is 0 Å². The molecule has 1 N–H and O–H groups in total. The lowest BCUT2D eigenvalue weighted by Crippen LogP contribution is -2.52. The van der Waals surface area contributed by atoms with E-state index in [-0.39, 0.29) is 0 Å². The Morgan fingerprint density at radius 1 is 1.31 bits per heavy atom. The van der Waals surface area contributed by atoms with Crippen molar-refractivity contribution in [3.63, 3.8) is 0 Å². The largest absolute Gasteiger partial charge is 0.383 e. The number of piperazine rings is 1. The normalized spacial score (nSPS) is 23.8. The van der Waals surface area contributed by atoms with Crippen molar-refractivity contribution in [2.24, 2.45) is 0 Å². The average molecular weight is 229 g/mol. The van der Waals surface area contributed by atoms with Crippen molar-refractivity contribution >= 4 is 0 Å². The monoisotopic (exact) mass is 229 g/mol. The molecule has 1 aliphatic heterocycles. The molecule has 1 aliphatic rings. The summed E-state index contributed by atoms with van der Waals surface area (Å²) in [5.74, 6) is 0. The zero-order chi connectivity index (χ0) is 11.8. The van der Waals surface area contributed by atoms with Gasteiger partial charge in [-0.1, -0.05) is 6.92 Å². The fraction of sp³-hybridized carbons (Fsp3) is 1.00. The van der Waals surface area contributed by atoms with Gasteiger partial charge in [-0.25, -0.2) is 0 Å². The first-order valence-corrected chi connectivity index (χ1v) is 6.44. The molecule has 1 atom stereocenters. The minimum Gasteiger partial charge on any atom is -0.383 e. The third-order valence-corrected chi connectivity index (χ3v) is 3.34. The van der Waals surface area contributed by atoms with E-state index in [1.165, 1.54) is 26.2 Å². The van der Waals surface area contributed by atoms with Crippen LogP contribution in [0.4, 0.5) is 0 Å². The molecule has 1 rings (SSSR count). The SMILES string of the molecule is CCN1CCN(CCNCCOC)CC1C. The van der Waals surface area contributed by atoms with Gasteiger partial charge in [-0.15, -0.1) is 0 Å². The van der Waals surface area contributed by atoms with Crippen LogP contribution in [0.5, 0.6) is 0 Å². The second kappa shape index (κ2) is 8.01. The molecule has 0 aromatic rings. The number of nitrogens with zero attached hydrogens (tertiary/aromatic N) is 2. The predicted molar refractivity (Wildman–Crippen MR) is 67.9 cm³/mol. The molecule has 16 heavy (non-hydrogen) atoms. The second-order valence-corrected chi connectivity index (χ2v) is 4.52. The molecule has 0 radical (unpaired) electrons. The Balaban J connectivity index is 2.06. The van der Waals surface area contributed by atoms with Crippen LogP contribution in [-0.4, -0.2) is 75.4 Å². The van der Waals surface area contributed by atoms with Crippen molar-refractivity contribution in [3.05, 3.63) is 0 Å². The number of ether oxygens (including phenoxy) is 1. The standard InChI is InChI=1S/C12H27N3O/c1-4-15-9-8-14(11-12(15)2)7-5-13-6-10-16-3/h12-13H,4-11H2,1-3H3. The summed E-state index contributed by atoms with van der Waals surface area (Å²) in [5, 5.41) is 3.39. The summed E-state index contributed by atoms with van der Waals surface area (Å²) in [4.78, 5) is 5.10. The van der Waals surface area contributed by atoms with E-state index in [1.54, 1.807) is 7.11 Å². The molecule has 0 saturated carbocycles. The van der Waals surface area contributed by atoms with Gasteiger partial charge in [0, 0.05) is 52.4 Å². The Morgan fingerprint density at radius 3 is 2.75 bits per heavy atom. The van der Waals surface area contributed by atoms with Gasteiger partial charge in [-0.2, -0.15) is 0 Å². The predicted octanol–water partition coefficient (Wildman–Crippen LogP) is 0.248. The highest BCUT2D eigenvalue weighted by Gasteiger charge is 2.21. The highest BCUT2D eigenvalue weighted by molar-refractivity contribution is 4.78. The van der Waals surface area contributed by atoms with E-state index in [0.29, 0.717) is 6.04 Å². The number of rotatable bonds is 7. The van der Waals surface area contributed by atoms with E-state index in [0.717, 1.165) is 26.2 Å². The number of methoxy groups -OCH3 is 1. The minimum absolute atomic E-state index is 0.706. The van der Waals surface area contributed by atoms with E-state index in [4.69, 9.17) is 4.74 Å². The Morgan fingerprint density at radius 2 is 2.12 bits per heavy atom. The highest BCUT2D eigenvalue weighted by atomic mass is 16.5. The molecule has 0 bridgehead atoms. The van der Waals surface area contributed by atoms with Crippen LogP contribution < -0.4 is 5.32 Å². The van der Waals surface area contributed by atoms with Crippen LogP contribution in [0.3, 0.4) is 0 Å². The third-order valence-electron chi connectivity index (χ3n) is 3.34.